The molecule has 0 bridgehead atoms. The molecule has 2 aromatic rings. The van der Waals surface area contributed by atoms with Crippen LogP contribution in [-0.4, -0.2) is 11.2 Å². The van der Waals surface area contributed by atoms with Gasteiger partial charge in [0.1, 0.15) is 0 Å². The topological polar surface area (TPSA) is 24.1 Å². The number of nitrogens with one attached hydrogen (secondary N) is 2. The first-order chi connectivity index (χ1) is 10.1. The summed E-state index contributed by atoms with van der Waals surface area (Å²) in [7, 11) is 0. The van der Waals surface area contributed by atoms with Gasteiger partial charge in [-0.25, -0.2) is 0 Å². The molecule has 0 spiro atoms. The second-order valence-corrected chi connectivity index (χ2v) is 5.80. The van der Waals surface area contributed by atoms with E-state index in [1.165, 1.54) is 11.1 Å². The lowest BCUT2D eigenvalue weighted by Crippen LogP contribution is -2.36. The quantitative estimate of drug-likeness (QED) is 0.805. The zero-order valence-corrected chi connectivity index (χ0v) is 13.4. The number of rotatable bonds is 5. The third-order valence-electron chi connectivity index (χ3n) is 3.40. The molecule has 1 atom stereocenters. The van der Waals surface area contributed by atoms with Crippen molar-refractivity contribution in [1.29, 1.82) is 0 Å². The van der Waals surface area contributed by atoms with Gasteiger partial charge in [0.25, 0.3) is 0 Å². The lowest BCUT2D eigenvalue weighted by atomic mass is 10.1. The molecule has 110 valence electrons. The van der Waals surface area contributed by atoms with Gasteiger partial charge in [0.15, 0.2) is 5.11 Å². The van der Waals surface area contributed by atoms with Crippen LogP contribution in [0.3, 0.4) is 0 Å². The number of aryl methyl sites for hydroxylation is 2. The van der Waals surface area contributed by atoms with Crippen LogP contribution in [0.1, 0.15) is 24.5 Å². The highest BCUT2D eigenvalue weighted by molar-refractivity contribution is 7.80. The molecule has 0 unspecified atom stereocenters. The first-order valence-corrected chi connectivity index (χ1v) is 7.72. The molecule has 21 heavy (non-hydrogen) atoms. The summed E-state index contributed by atoms with van der Waals surface area (Å²) in [6, 6.07) is 19.1. The predicted octanol–water partition coefficient (Wildman–Crippen LogP) is 4.30. The molecule has 0 heterocycles. The van der Waals surface area contributed by atoms with Crippen molar-refractivity contribution in [1.82, 2.24) is 5.32 Å². The van der Waals surface area contributed by atoms with Crippen LogP contribution in [0.5, 0.6) is 0 Å². The van der Waals surface area contributed by atoms with Crippen LogP contribution in [0.15, 0.2) is 54.6 Å². The van der Waals surface area contributed by atoms with E-state index in [9.17, 15) is 0 Å². The van der Waals surface area contributed by atoms with E-state index in [1.807, 2.05) is 18.2 Å². The molecular weight excluding hydrogens is 276 g/mol. The molecule has 0 aliphatic rings. The molecule has 0 radical (unpaired) electrons. The minimum atomic E-state index is 0.343. The van der Waals surface area contributed by atoms with Crippen LogP contribution < -0.4 is 10.6 Å². The van der Waals surface area contributed by atoms with Crippen molar-refractivity contribution in [2.75, 3.05) is 5.32 Å². The van der Waals surface area contributed by atoms with Crippen LogP contribution >= 0.6 is 12.2 Å². The molecule has 3 heteroatoms. The number of anilines is 1. The summed E-state index contributed by atoms with van der Waals surface area (Å²) in [5.41, 5.74) is 3.63. The highest BCUT2D eigenvalue weighted by Gasteiger charge is 2.05. The van der Waals surface area contributed by atoms with Crippen LogP contribution in [-0.2, 0) is 6.42 Å². The second kappa shape index (κ2) is 7.79. The smallest absolute Gasteiger partial charge is 0.170 e. The summed E-state index contributed by atoms with van der Waals surface area (Å²) >= 11 is 5.35. The van der Waals surface area contributed by atoms with E-state index >= 15 is 0 Å². The Kier molecular flexibility index (Phi) is 5.76. The van der Waals surface area contributed by atoms with E-state index in [-0.39, 0.29) is 0 Å². The Hall–Kier alpha value is -1.87. The first kappa shape index (κ1) is 15.5. The van der Waals surface area contributed by atoms with Crippen LogP contribution in [0, 0.1) is 6.92 Å². The maximum absolute atomic E-state index is 5.35. The molecule has 2 nitrogen and oxygen atoms in total. The molecule has 2 rings (SSSR count). The Morgan fingerprint density at radius 3 is 2.38 bits per heavy atom. The molecule has 0 aliphatic heterocycles. The summed E-state index contributed by atoms with van der Waals surface area (Å²) in [6.07, 6.45) is 2.11. The van der Waals surface area contributed by atoms with Crippen molar-refractivity contribution in [3.05, 3.63) is 65.7 Å². The van der Waals surface area contributed by atoms with Crippen molar-refractivity contribution >= 4 is 23.0 Å². The highest BCUT2D eigenvalue weighted by Crippen LogP contribution is 2.09. The van der Waals surface area contributed by atoms with Gasteiger partial charge in [-0.15, -0.1) is 0 Å². The molecule has 0 amide bonds. The number of benzene rings is 2. The number of hydrogen-bond donors (Lipinski definition) is 2. The molecule has 2 aromatic carbocycles. The van der Waals surface area contributed by atoms with Gasteiger partial charge in [0, 0.05) is 11.7 Å². The van der Waals surface area contributed by atoms with Crippen LogP contribution in [0.25, 0.3) is 0 Å². The van der Waals surface area contributed by atoms with E-state index in [4.69, 9.17) is 12.2 Å². The first-order valence-electron chi connectivity index (χ1n) is 7.31. The fourth-order valence-corrected chi connectivity index (χ4v) is 2.45. The monoisotopic (exact) mass is 298 g/mol. The third kappa shape index (κ3) is 5.56. The van der Waals surface area contributed by atoms with Gasteiger partial charge in [0.2, 0.25) is 0 Å². The SMILES string of the molecule is Cc1ccc(NC(=S)N[C@H](C)CCc2ccccc2)cc1. The van der Waals surface area contributed by atoms with Crippen molar-refractivity contribution < 1.29 is 0 Å². The van der Waals surface area contributed by atoms with Gasteiger partial charge in [-0.05, 0) is 56.6 Å². The molecule has 0 fully saturated rings. The van der Waals surface area contributed by atoms with Gasteiger partial charge in [-0.2, -0.15) is 0 Å². The molecule has 0 saturated carbocycles. The van der Waals surface area contributed by atoms with E-state index in [0.29, 0.717) is 11.2 Å². The zero-order valence-electron chi connectivity index (χ0n) is 12.6. The molecular formula is C18H22N2S. The van der Waals surface area contributed by atoms with Crippen molar-refractivity contribution in [3.63, 3.8) is 0 Å². The maximum Gasteiger partial charge on any atom is 0.170 e. The molecule has 2 N–H and O–H groups in total. The summed E-state index contributed by atoms with van der Waals surface area (Å²) in [5, 5.41) is 7.23. The standard InChI is InChI=1S/C18H22N2S/c1-14-8-12-17(13-9-14)20-18(21)19-15(2)10-11-16-6-4-3-5-7-16/h3-9,12-13,15H,10-11H2,1-2H3,(H2,19,20,21)/t15-/m1/s1. The largest absolute Gasteiger partial charge is 0.360 e. The van der Waals surface area contributed by atoms with E-state index in [2.05, 4.69) is 60.9 Å². The fourth-order valence-electron chi connectivity index (χ4n) is 2.13. The van der Waals surface area contributed by atoms with Crippen LogP contribution in [0.4, 0.5) is 5.69 Å². The lowest BCUT2D eigenvalue weighted by molar-refractivity contribution is 0.609. The Labute approximate surface area is 132 Å². The maximum atomic E-state index is 5.35. The highest BCUT2D eigenvalue weighted by atomic mass is 32.1. The minimum Gasteiger partial charge on any atom is -0.360 e. The summed E-state index contributed by atoms with van der Waals surface area (Å²) in [5.74, 6) is 0. The van der Waals surface area contributed by atoms with Crippen molar-refractivity contribution in [3.8, 4) is 0 Å². The number of thiocarbonyl (C=S) groups is 1. The Morgan fingerprint density at radius 1 is 1.05 bits per heavy atom. The van der Waals surface area contributed by atoms with E-state index in [1.54, 1.807) is 0 Å². The van der Waals surface area contributed by atoms with E-state index in [0.717, 1.165) is 18.5 Å². The summed E-state index contributed by atoms with van der Waals surface area (Å²) in [6.45, 7) is 4.23. The van der Waals surface area contributed by atoms with E-state index < -0.39 is 0 Å². The average Bonchev–Trinajstić information content (AvgIpc) is 2.48. The van der Waals surface area contributed by atoms with Crippen LogP contribution in [0.2, 0.25) is 0 Å². The van der Waals surface area contributed by atoms with Gasteiger partial charge in [0.05, 0.1) is 0 Å². The summed E-state index contributed by atoms with van der Waals surface area (Å²) in [4.78, 5) is 0. The predicted molar refractivity (Wildman–Crippen MR) is 94.8 cm³/mol. The summed E-state index contributed by atoms with van der Waals surface area (Å²) < 4.78 is 0. The average molecular weight is 298 g/mol. The Bertz CT molecular complexity index is 564. The van der Waals surface area contributed by atoms with Gasteiger partial charge >= 0.3 is 0 Å². The normalized spacial score (nSPS) is 11.7. The van der Waals surface area contributed by atoms with Gasteiger partial charge in [-0.3, -0.25) is 0 Å². The molecule has 0 saturated heterocycles. The van der Waals surface area contributed by atoms with Gasteiger partial charge < -0.3 is 10.6 Å². The Balaban J connectivity index is 1.75. The fraction of sp³-hybridized carbons (Fsp3) is 0.278. The Morgan fingerprint density at radius 2 is 1.71 bits per heavy atom. The van der Waals surface area contributed by atoms with Gasteiger partial charge in [-0.1, -0.05) is 48.0 Å². The molecule has 0 aliphatic carbocycles. The lowest BCUT2D eigenvalue weighted by Gasteiger charge is -2.17. The van der Waals surface area contributed by atoms with Crippen molar-refractivity contribution in [2.24, 2.45) is 0 Å². The molecule has 0 aromatic heterocycles. The minimum absolute atomic E-state index is 0.343. The third-order valence-corrected chi connectivity index (χ3v) is 3.62. The van der Waals surface area contributed by atoms with Crippen molar-refractivity contribution in [2.45, 2.75) is 32.7 Å². The zero-order chi connectivity index (χ0) is 15.1. The second-order valence-electron chi connectivity index (χ2n) is 5.39. The number of hydrogen-bond acceptors (Lipinski definition) is 1.